The summed E-state index contributed by atoms with van der Waals surface area (Å²) in [6, 6.07) is 1.90. The predicted octanol–water partition coefficient (Wildman–Crippen LogP) is 3.09. The molecule has 1 aromatic heterocycles. The smallest absolute Gasteiger partial charge is 0.257 e. The number of aryl methyl sites for hydroxylation is 1. The van der Waals surface area contributed by atoms with E-state index < -0.39 is 0 Å². The number of nitrogens with zero attached hydrogens (tertiary/aromatic N) is 1. The first-order valence-electron chi connectivity index (χ1n) is 5.56. The Labute approximate surface area is 97.4 Å². The Morgan fingerprint density at radius 3 is 2.38 bits per heavy atom. The Morgan fingerprint density at radius 1 is 1.44 bits per heavy atom. The van der Waals surface area contributed by atoms with Crippen molar-refractivity contribution in [1.82, 2.24) is 4.90 Å². The minimum atomic E-state index is 0.0219. The molecule has 1 heterocycles. The van der Waals surface area contributed by atoms with Crippen LogP contribution in [0.15, 0.2) is 16.7 Å². The summed E-state index contributed by atoms with van der Waals surface area (Å²) >= 11 is 0. The molecule has 0 saturated carbocycles. The van der Waals surface area contributed by atoms with Crippen LogP contribution >= 0.6 is 0 Å². The quantitative estimate of drug-likeness (QED) is 0.772. The second kappa shape index (κ2) is 4.32. The molecule has 3 nitrogen and oxygen atoms in total. The molecule has 0 radical (unpaired) electrons. The van der Waals surface area contributed by atoms with Crippen LogP contribution in [0.4, 0.5) is 0 Å². The summed E-state index contributed by atoms with van der Waals surface area (Å²) in [6.07, 6.45) is 1.55. The summed E-state index contributed by atoms with van der Waals surface area (Å²) in [5, 5.41) is 0. The number of hydrogen-bond acceptors (Lipinski definition) is 2. The lowest BCUT2D eigenvalue weighted by Gasteiger charge is -2.35. The summed E-state index contributed by atoms with van der Waals surface area (Å²) in [6.45, 7) is 10.3. The van der Waals surface area contributed by atoms with Crippen molar-refractivity contribution in [3.8, 4) is 0 Å². The van der Waals surface area contributed by atoms with Gasteiger partial charge in [0.05, 0.1) is 11.8 Å². The fourth-order valence-corrected chi connectivity index (χ4v) is 1.55. The molecule has 0 aliphatic rings. The largest absolute Gasteiger partial charge is 0.469 e. The van der Waals surface area contributed by atoms with Crippen molar-refractivity contribution in [3.05, 3.63) is 23.7 Å². The first-order valence-corrected chi connectivity index (χ1v) is 5.56. The normalized spacial score (nSPS) is 13.6. The zero-order valence-electron chi connectivity index (χ0n) is 11.0. The molecule has 0 fully saturated rings. The molecule has 1 amide bonds. The Balaban J connectivity index is 2.88. The van der Waals surface area contributed by atoms with E-state index in [2.05, 4.69) is 27.7 Å². The van der Waals surface area contributed by atoms with Gasteiger partial charge in [0.15, 0.2) is 0 Å². The van der Waals surface area contributed by atoms with E-state index in [9.17, 15) is 4.79 Å². The van der Waals surface area contributed by atoms with Crippen LogP contribution < -0.4 is 0 Å². The second-order valence-electron chi connectivity index (χ2n) is 5.35. The molecule has 0 spiro atoms. The second-order valence-corrected chi connectivity index (χ2v) is 5.35. The molecular weight excluding hydrogens is 202 g/mol. The van der Waals surface area contributed by atoms with Crippen molar-refractivity contribution in [2.24, 2.45) is 5.41 Å². The van der Waals surface area contributed by atoms with Gasteiger partial charge in [-0.1, -0.05) is 20.8 Å². The van der Waals surface area contributed by atoms with Gasteiger partial charge >= 0.3 is 0 Å². The number of carbonyl (C=O) groups is 1. The van der Waals surface area contributed by atoms with Gasteiger partial charge in [-0.05, 0) is 25.3 Å². The van der Waals surface area contributed by atoms with E-state index in [4.69, 9.17) is 4.42 Å². The topological polar surface area (TPSA) is 33.5 Å². The van der Waals surface area contributed by atoms with Gasteiger partial charge in [0.2, 0.25) is 0 Å². The molecular formula is C13H21NO2. The molecule has 1 aromatic rings. The van der Waals surface area contributed by atoms with Crippen molar-refractivity contribution in [1.29, 1.82) is 0 Å². The highest BCUT2D eigenvalue weighted by Crippen LogP contribution is 2.24. The Hall–Kier alpha value is -1.25. The van der Waals surface area contributed by atoms with Crippen LogP contribution in [0.5, 0.6) is 0 Å². The maximum absolute atomic E-state index is 12.2. The highest BCUT2D eigenvalue weighted by Gasteiger charge is 2.28. The molecule has 0 saturated heterocycles. The molecule has 0 N–H and O–H groups in total. The first kappa shape index (κ1) is 12.8. The van der Waals surface area contributed by atoms with Crippen molar-refractivity contribution in [2.45, 2.75) is 40.7 Å². The number of rotatable bonds is 2. The third-order valence-electron chi connectivity index (χ3n) is 3.24. The van der Waals surface area contributed by atoms with Gasteiger partial charge < -0.3 is 9.32 Å². The van der Waals surface area contributed by atoms with Crippen LogP contribution in [0.2, 0.25) is 0 Å². The van der Waals surface area contributed by atoms with E-state index in [1.54, 1.807) is 17.2 Å². The van der Waals surface area contributed by atoms with Crippen molar-refractivity contribution < 1.29 is 9.21 Å². The third-order valence-corrected chi connectivity index (χ3v) is 3.24. The molecule has 16 heavy (non-hydrogen) atoms. The van der Waals surface area contributed by atoms with E-state index in [0.717, 1.165) is 0 Å². The summed E-state index contributed by atoms with van der Waals surface area (Å²) in [4.78, 5) is 14.0. The number of hydrogen-bond donors (Lipinski definition) is 0. The van der Waals surface area contributed by atoms with E-state index >= 15 is 0 Å². The van der Waals surface area contributed by atoms with Crippen LogP contribution in [-0.4, -0.2) is 23.9 Å². The highest BCUT2D eigenvalue weighted by molar-refractivity contribution is 5.95. The number of furan rings is 1. The van der Waals surface area contributed by atoms with Crippen molar-refractivity contribution in [3.63, 3.8) is 0 Å². The Bertz CT molecular complexity index is 374. The molecule has 0 aromatic carbocycles. The molecule has 0 aliphatic heterocycles. The summed E-state index contributed by atoms with van der Waals surface area (Å²) in [5.41, 5.74) is 0.723. The van der Waals surface area contributed by atoms with Crippen LogP contribution in [0.25, 0.3) is 0 Å². The van der Waals surface area contributed by atoms with Crippen molar-refractivity contribution >= 4 is 5.91 Å². The van der Waals surface area contributed by atoms with Gasteiger partial charge in [-0.15, -0.1) is 0 Å². The van der Waals surface area contributed by atoms with Gasteiger partial charge in [-0.25, -0.2) is 0 Å². The van der Waals surface area contributed by atoms with Gasteiger partial charge in [0, 0.05) is 13.1 Å². The zero-order chi connectivity index (χ0) is 12.5. The SMILES string of the molecule is Cc1occc1C(=O)N(C)C(C)C(C)(C)C. The minimum Gasteiger partial charge on any atom is -0.469 e. The lowest BCUT2D eigenvalue weighted by Crippen LogP contribution is -2.43. The monoisotopic (exact) mass is 223 g/mol. The van der Waals surface area contributed by atoms with Gasteiger partial charge in [-0.2, -0.15) is 0 Å². The fourth-order valence-electron chi connectivity index (χ4n) is 1.55. The Morgan fingerprint density at radius 2 is 2.00 bits per heavy atom. The van der Waals surface area contributed by atoms with Gasteiger partial charge in [-0.3, -0.25) is 4.79 Å². The molecule has 1 atom stereocenters. The molecule has 3 heteroatoms. The summed E-state index contributed by atoms with van der Waals surface area (Å²) < 4.78 is 5.15. The Kier molecular flexibility index (Phi) is 3.46. The van der Waals surface area contributed by atoms with Gasteiger partial charge in [0.25, 0.3) is 5.91 Å². The minimum absolute atomic E-state index is 0.0219. The molecule has 0 bridgehead atoms. The molecule has 0 aliphatic carbocycles. The molecule has 1 rings (SSSR count). The third kappa shape index (κ3) is 2.46. The zero-order valence-corrected chi connectivity index (χ0v) is 11.0. The van der Waals surface area contributed by atoms with E-state index in [0.29, 0.717) is 11.3 Å². The molecule has 1 unspecified atom stereocenters. The van der Waals surface area contributed by atoms with Gasteiger partial charge in [0.1, 0.15) is 5.76 Å². The molecule has 90 valence electrons. The predicted molar refractivity (Wildman–Crippen MR) is 64.5 cm³/mol. The number of carbonyl (C=O) groups excluding carboxylic acids is 1. The highest BCUT2D eigenvalue weighted by atomic mass is 16.3. The maximum atomic E-state index is 12.2. The number of amides is 1. The summed E-state index contributed by atoms with van der Waals surface area (Å²) in [5.74, 6) is 0.701. The average Bonchev–Trinajstić information content (AvgIpc) is 2.59. The van der Waals surface area contributed by atoms with E-state index in [-0.39, 0.29) is 17.4 Å². The van der Waals surface area contributed by atoms with Crippen molar-refractivity contribution in [2.75, 3.05) is 7.05 Å². The maximum Gasteiger partial charge on any atom is 0.257 e. The van der Waals surface area contributed by atoms with Crippen LogP contribution in [0.1, 0.15) is 43.8 Å². The standard InChI is InChI=1S/C13H21NO2/c1-9-11(7-8-16-9)12(15)14(6)10(2)13(3,4)5/h7-8,10H,1-6H3. The van der Waals surface area contributed by atoms with E-state index in [1.165, 1.54) is 0 Å². The van der Waals surface area contributed by atoms with Crippen LogP contribution in [0.3, 0.4) is 0 Å². The van der Waals surface area contributed by atoms with Crippen LogP contribution in [-0.2, 0) is 0 Å². The fraction of sp³-hybridized carbons (Fsp3) is 0.615. The lowest BCUT2D eigenvalue weighted by atomic mass is 9.87. The lowest BCUT2D eigenvalue weighted by molar-refractivity contribution is 0.0627. The first-order chi connectivity index (χ1) is 7.25. The van der Waals surface area contributed by atoms with E-state index in [1.807, 2.05) is 14.0 Å². The summed E-state index contributed by atoms with van der Waals surface area (Å²) in [7, 11) is 1.84. The van der Waals surface area contributed by atoms with Crippen LogP contribution in [0, 0.1) is 12.3 Å². The average molecular weight is 223 g/mol.